The number of pyridine rings is 1. The lowest BCUT2D eigenvalue weighted by Crippen LogP contribution is -2.36. The fraction of sp³-hybridized carbons (Fsp3) is 0.100. The molecular formula is C20H15F4N3O2. The zero-order chi connectivity index (χ0) is 21.1. The van der Waals surface area contributed by atoms with E-state index in [1.54, 1.807) is 0 Å². The Hall–Kier alpha value is -3.46. The van der Waals surface area contributed by atoms with E-state index in [1.807, 2.05) is 0 Å². The number of aromatic nitrogens is 1. The summed E-state index contributed by atoms with van der Waals surface area (Å²) in [6, 6.07) is 7.60. The van der Waals surface area contributed by atoms with Crippen molar-refractivity contribution in [2.24, 2.45) is 5.73 Å². The first-order chi connectivity index (χ1) is 13.8. The predicted octanol–water partition coefficient (Wildman–Crippen LogP) is 3.88. The van der Waals surface area contributed by atoms with Crippen molar-refractivity contribution in [1.29, 1.82) is 0 Å². The maximum absolute atomic E-state index is 14.2. The van der Waals surface area contributed by atoms with Gasteiger partial charge in [-0.1, -0.05) is 12.1 Å². The van der Waals surface area contributed by atoms with Gasteiger partial charge in [-0.05, 0) is 30.3 Å². The molecule has 150 valence electrons. The summed E-state index contributed by atoms with van der Waals surface area (Å²) >= 11 is 0. The number of rotatable bonds is 5. The third kappa shape index (κ3) is 4.19. The normalized spacial score (nSPS) is 10.8. The molecule has 0 spiro atoms. The fourth-order valence-electron chi connectivity index (χ4n) is 2.78. The summed E-state index contributed by atoms with van der Waals surface area (Å²) in [5.74, 6) is -3.63. The highest BCUT2D eigenvalue weighted by atomic mass is 19.1. The third-order valence-corrected chi connectivity index (χ3v) is 4.24. The van der Waals surface area contributed by atoms with Gasteiger partial charge in [0, 0.05) is 22.8 Å². The Morgan fingerprint density at radius 1 is 1.00 bits per heavy atom. The van der Waals surface area contributed by atoms with Crippen LogP contribution in [0.5, 0.6) is 0 Å². The number of aliphatic hydroxyl groups is 1. The summed E-state index contributed by atoms with van der Waals surface area (Å²) in [5.41, 5.74) is 4.95. The number of anilines is 1. The topological polar surface area (TPSA) is 79.5 Å². The molecule has 0 fully saturated rings. The van der Waals surface area contributed by atoms with Crippen molar-refractivity contribution in [3.05, 3.63) is 82.9 Å². The van der Waals surface area contributed by atoms with Crippen LogP contribution in [0.15, 0.2) is 48.5 Å². The number of hydrogen-bond donors (Lipinski definition) is 2. The molecule has 0 atom stereocenters. The van der Waals surface area contributed by atoms with Crippen molar-refractivity contribution in [1.82, 2.24) is 4.98 Å². The van der Waals surface area contributed by atoms with E-state index in [9.17, 15) is 27.5 Å². The number of aliphatic hydroxyl groups excluding tert-OH is 1. The van der Waals surface area contributed by atoms with Gasteiger partial charge in [0.15, 0.2) is 0 Å². The maximum atomic E-state index is 14.2. The Morgan fingerprint density at radius 2 is 1.69 bits per heavy atom. The zero-order valence-electron chi connectivity index (χ0n) is 14.9. The van der Waals surface area contributed by atoms with E-state index in [4.69, 9.17) is 5.73 Å². The highest BCUT2D eigenvalue weighted by Gasteiger charge is 2.21. The summed E-state index contributed by atoms with van der Waals surface area (Å²) in [6.45, 7) is -1.08. The molecule has 5 nitrogen and oxygen atoms in total. The first-order valence-corrected chi connectivity index (χ1v) is 8.38. The summed E-state index contributed by atoms with van der Waals surface area (Å²) in [5, 5.41) is 9.53. The minimum atomic E-state index is -1.05. The van der Waals surface area contributed by atoms with Crippen LogP contribution in [0.4, 0.5) is 28.2 Å². The molecule has 0 aliphatic carbocycles. The van der Waals surface area contributed by atoms with Crippen LogP contribution in [0.2, 0.25) is 0 Å². The molecule has 3 aromatic rings. The molecule has 2 aromatic carbocycles. The van der Waals surface area contributed by atoms with Crippen LogP contribution in [-0.4, -0.2) is 16.1 Å². The van der Waals surface area contributed by atoms with E-state index in [1.165, 1.54) is 18.2 Å². The largest absolute Gasteiger partial charge is 0.392 e. The molecule has 0 bridgehead atoms. The molecule has 3 rings (SSSR count). The van der Waals surface area contributed by atoms with E-state index >= 15 is 0 Å². The molecule has 3 N–H and O–H groups in total. The monoisotopic (exact) mass is 405 g/mol. The van der Waals surface area contributed by atoms with Gasteiger partial charge in [0.2, 0.25) is 0 Å². The van der Waals surface area contributed by atoms with E-state index in [-0.39, 0.29) is 22.6 Å². The summed E-state index contributed by atoms with van der Waals surface area (Å²) in [7, 11) is 0. The molecular weight excluding hydrogens is 390 g/mol. The lowest BCUT2D eigenvalue weighted by Gasteiger charge is -2.21. The Labute approximate surface area is 163 Å². The van der Waals surface area contributed by atoms with Gasteiger partial charge in [0.25, 0.3) is 0 Å². The van der Waals surface area contributed by atoms with Crippen LogP contribution in [0.1, 0.15) is 11.1 Å². The Balaban J connectivity index is 2.09. The average molecular weight is 405 g/mol. The van der Waals surface area contributed by atoms with Crippen LogP contribution in [0.3, 0.4) is 0 Å². The van der Waals surface area contributed by atoms with E-state index in [0.717, 1.165) is 29.2 Å². The molecule has 2 amide bonds. The molecule has 0 aliphatic rings. The molecule has 1 heterocycles. The molecule has 29 heavy (non-hydrogen) atoms. The molecule has 0 aliphatic heterocycles. The number of primary amides is 1. The number of halogens is 4. The third-order valence-electron chi connectivity index (χ3n) is 4.24. The first-order valence-electron chi connectivity index (χ1n) is 8.38. The van der Waals surface area contributed by atoms with Crippen molar-refractivity contribution in [3.63, 3.8) is 0 Å². The summed E-state index contributed by atoms with van der Waals surface area (Å²) in [4.78, 5) is 16.9. The second kappa shape index (κ2) is 8.27. The highest BCUT2D eigenvalue weighted by Crippen LogP contribution is 2.29. The van der Waals surface area contributed by atoms with Crippen molar-refractivity contribution in [3.8, 4) is 11.3 Å². The minimum absolute atomic E-state index is 0.0669. The van der Waals surface area contributed by atoms with Gasteiger partial charge in [-0.3, -0.25) is 4.90 Å². The van der Waals surface area contributed by atoms with Gasteiger partial charge >= 0.3 is 6.03 Å². The van der Waals surface area contributed by atoms with Crippen molar-refractivity contribution >= 4 is 11.8 Å². The van der Waals surface area contributed by atoms with Gasteiger partial charge in [0.1, 0.15) is 29.1 Å². The fourth-order valence-corrected chi connectivity index (χ4v) is 2.78. The molecule has 0 saturated carbocycles. The number of nitrogens with zero attached hydrogens (tertiary/aromatic N) is 2. The SMILES string of the molecule is NC(=O)N(Cc1c(F)cccc1F)c1ccc(CO)c(-c2ccc(F)cc2F)n1. The zero-order valence-corrected chi connectivity index (χ0v) is 14.9. The lowest BCUT2D eigenvalue weighted by atomic mass is 10.1. The Bertz CT molecular complexity index is 1060. The van der Waals surface area contributed by atoms with Crippen LogP contribution >= 0.6 is 0 Å². The minimum Gasteiger partial charge on any atom is -0.392 e. The van der Waals surface area contributed by atoms with Crippen LogP contribution in [-0.2, 0) is 13.2 Å². The van der Waals surface area contributed by atoms with E-state index in [2.05, 4.69) is 4.98 Å². The van der Waals surface area contributed by atoms with Crippen molar-refractivity contribution in [2.75, 3.05) is 4.90 Å². The van der Waals surface area contributed by atoms with Crippen LogP contribution < -0.4 is 10.6 Å². The predicted molar refractivity (Wildman–Crippen MR) is 97.6 cm³/mol. The smallest absolute Gasteiger partial charge is 0.320 e. The van der Waals surface area contributed by atoms with Crippen LogP contribution in [0.25, 0.3) is 11.3 Å². The number of nitrogens with two attached hydrogens (primary N) is 1. The number of urea groups is 1. The van der Waals surface area contributed by atoms with Crippen LogP contribution in [0, 0.1) is 23.3 Å². The van der Waals surface area contributed by atoms with Gasteiger partial charge in [-0.2, -0.15) is 0 Å². The summed E-state index contributed by atoms with van der Waals surface area (Å²) in [6.07, 6.45) is 0. The van der Waals surface area contributed by atoms with Gasteiger partial charge in [0.05, 0.1) is 18.8 Å². The molecule has 0 saturated heterocycles. The average Bonchev–Trinajstić information content (AvgIpc) is 2.67. The standard InChI is InChI=1S/C20H15F4N3O2/c21-12-5-6-13(17(24)8-12)19-11(10-28)4-7-18(26-19)27(20(25)29)9-14-15(22)2-1-3-16(14)23/h1-8,28H,9-10H2,(H2,25,29). The highest BCUT2D eigenvalue weighted by molar-refractivity contribution is 5.90. The molecule has 9 heteroatoms. The number of carbonyl (C=O) groups is 1. The Kier molecular flexibility index (Phi) is 5.79. The molecule has 0 unspecified atom stereocenters. The van der Waals surface area contributed by atoms with Crippen molar-refractivity contribution < 1.29 is 27.5 Å². The summed E-state index contributed by atoms with van der Waals surface area (Å²) < 4.78 is 55.4. The van der Waals surface area contributed by atoms with Gasteiger partial charge in [-0.25, -0.2) is 27.3 Å². The van der Waals surface area contributed by atoms with E-state index in [0.29, 0.717) is 6.07 Å². The van der Waals surface area contributed by atoms with Crippen molar-refractivity contribution in [2.45, 2.75) is 13.2 Å². The first kappa shape index (κ1) is 20.3. The lowest BCUT2D eigenvalue weighted by molar-refractivity contribution is 0.253. The number of amides is 2. The maximum Gasteiger partial charge on any atom is 0.320 e. The quantitative estimate of drug-likeness (QED) is 0.633. The number of carbonyl (C=O) groups excluding carboxylic acids is 1. The van der Waals surface area contributed by atoms with E-state index < -0.39 is 48.0 Å². The number of benzene rings is 2. The van der Waals surface area contributed by atoms with Gasteiger partial charge < -0.3 is 10.8 Å². The van der Waals surface area contributed by atoms with Gasteiger partial charge in [-0.15, -0.1) is 0 Å². The second-order valence-corrected chi connectivity index (χ2v) is 6.08. The molecule has 0 radical (unpaired) electrons. The molecule has 1 aromatic heterocycles. The second-order valence-electron chi connectivity index (χ2n) is 6.08. The number of hydrogen-bond acceptors (Lipinski definition) is 3. The Morgan fingerprint density at radius 3 is 2.28 bits per heavy atom.